The van der Waals surface area contributed by atoms with E-state index in [2.05, 4.69) is 17.5 Å². The van der Waals surface area contributed by atoms with Crippen molar-refractivity contribution in [2.24, 2.45) is 5.73 Å². The summed E-state index contributed by atoms with van der Waals surface area (Å²) < 4.78 is 0.314. The quantitative estimate of drug-likeness (QED) is 0.395. The zero-order valence-electron chi connectivity index (χ0n) is 4.79. The Kier molecular flexibility index (Phi) is 1.91. The SMILES string of the molecule is NC(=O)[C@H]1NC(=S)SC1=O. The van der Waals surface area contributed by atoms with Crippen LogP contribution in [0.15, 0.2) is 0 Å². The van der Waals surface area contributed by atoms with Gasteiger partial charge in [-0.25, -0.2) is 0 Å². The Bertz CT molecular complexity index is 215. The van der Waals surface area contributed by atoms with Gasteiger partial charge in [-0.2, -0.15) is 0 Å². The van der Waals surface area contributed by atoms with Crippen LogP contribution in [0.25, 0.3) is 0 Å². The second-order valence-corrected chi connectivity index (χ2v) is 3.37. The van der Waals surface area contributed by atoms with E-state index in [4.69, 9.17) is 5.73 Å². The minimum absolute atomic E-state index is 0.314. The molecule has 1 atom stereocenters. The molecule has 10 heavy (non-hydrogen) atoms. The molecule has 54 valence electrons. The van der Waals surface area contributed by atoms with Gasteiger partial charge in [-0.1, -0.05) is 12.2 Å². The van der Waals surface area contributed by atoms with Gasteiger partial charge in [0.2, 0.25) is 11.0 Å². The maximum Gasteiger partial charge on any atom is 0.248 e. The number of primary amides is 1. The van der Waals surface area contributed by atoms with Gasteiger partial charge in [0.1, 0.15) is 4.32 Å². The highest BCUT2D eigenvalue weighted by Gasteiger charge is 2.32. The van der Waals surface area contributed by atoms with E-state index in [1.54, 1.807) is 0 Å². The molecule has 1 heterocycles. The fraction of sp³-hybridized carbons (Fsp3) is 0.250. The van der Waals surface area contributed by atoms with Crippen LogP contribution in [0.2, 0.25) is 0 Å². The van der Waals surface area contributed by atoms with E-state index in [-0.39, 0.29) is 5.12 Å². The molecule has 0 aromatic rings. The van der Waals surface area contributed by atoms with Gasteiger partial charge in [-0.3, -0.25) is 9.59 Å². The third kappa shape index (κ3) is 1.27. The minimum atomic E-state index is -0.919. The Labute approximate surface area is 66.5 Å². The van der Waals surface area contributed by atoms with Crippen molar-refractivity contribution in [2.75, 3.05) is 0 Å². The number of nitrogens with two attached hydrogens (primary N) is 1. The van der Waals surface area contributed by atoms with Crippen molar-refractivity contribution in [3.8, 4) is 0 Å². The van der Waals surface area contributed by atoms with Gasteiger partial charge in [0.25, 0.3) is 0 Å². The summed E-state index contributed by atoms with van der Waals surface area (Å²) in [5, 5.41) is 2.15. The Hall–Kier alpha value is -0.620. The molecule has 1 fully saturated rings. The Morgan fingerprint density at radius 1 is 1.80 bits per heavy atom. The molecular weight excluding hydrogens is 172 g/mol. The molecule has 0 spiro atoms. The predicted molar refractivity (Wildman–Crippen MR) is 41.3 cm³/mol. The molecule has 0 aromatic carbocycles. The zero-order valence-corrected chi connectivity index (χ0v) is 6.42. The molecule has 1 aliphatic heterocycles. The Morgan fingerprint density at radius 2 is 2.40 bits per heavy atom. The number of nitrogens with one attached hydrogen (secondary N) is 1. The first-order chi connectivity index (χ1) is 4.61. The fourth-order valence-corrected chi connectivity index (χ4v) is 1.56. The van der Waals surface area contributed by atoms with E-state index in [1.165, 1.54) is 0 Å². The topological polar surface area (TPSA) is 72.2 Å². The summed E-state index contributed by atoms with van der Waals surface area (Å²) in [7, 11) is 0. The molecule has 4 nitrogen and oxygen atoms in total. The van der Waals surface area contributed by atoms with Crippen LogP contribution in [0.3, 0.4) is 0 Å². The van der Waals surface area contributed by atoms with Crippen LogP contribution in [0, 0.1) is 0 Å². The van der Waals surface area contributed by atoms with Gasteiger partial charge in [0.05, 0.1) is 0 Å². The van der Waals surface area contributed by atoms with Crippen LogP contribution < -0.4 is 11.1 Å². The average molecular weight is 176 g/mol. The number of hydrogen-bond donors (Lipinski definition) is 2. The number of carbonyl (C=O) groups is 2. The average Bonchev–Trinajstić information content (AvgIpc) is 2.10. The molecule has 0 aliphatic carbocycles. The van der Waals surface area contributed by atoms with Gasteiger partial charge in [0, 0.05) is 0 Å². The van der Waals surface area contributed by atoms with Gasteiger partial charge in [0.15, 0.2) is 6.04 Å². The molecule has 0 aromatic heterocycles. The number of hydrogen-bond acceptors (Lipinski definition) is 4. The van der Waals surface area contributed by atoms with Crippen molar-refractivity contribution in [3.63, 3.8) is 0 Å². The van der Waals surface area contributed by atoms with Crippen molar-refractivity contribution < 1.29 is 9.59 Å². The number of thioether (sulfide) groups is 1. The van der Waals surface area contributed by atoms with E-state index in [0.29, 0.717) is 4.32 Å². The van der Waals surface area contributed by atoms with E-state index in [9.17, 15) is 9.59 Å². The smallest absolute Gasteiger partial charge is 0.248 e. The van der Waals surface area contributed by atoms with Gasteiger partial charge in [-0.15, -0.1) is 0 Å². The number of amides is 1. The van der Waals surface area contributed by atoms with Crippen molar-refractivity contribution in [1.82, 2.24) is 5.32 Å². The fourth-order valence-electron chi connectivity index (χ4n) is 0.544. The molecule has 0 saturated carbocycles. The summed E-state index contributed by atoms with van der Waals surface area (Å²) in [5.41, 5.74) is 4.86. The lowest BCUT2D eigenvalue weighted by Gasteiger charge is -1.99. The first-order valence-electron chi connectivity index (χ1n) is 2.43. The second-order valence-electron chi connectivity index (χ2n) is 1.69. The predicted octanol–water partition coefficient (Wildman–Crippen LogP) is -1.01. The van der Waals surface area contributed by atoms with E-state index >= 15 is 0 Å². The van der Waals surface area contributed by atoms with Crippen molar-refractivity contribution in [3.05, 3.63) is 0 Å². The highest BCUT2D eigenvalue weighted by atomic mass is 32.2. The van der Waals surface area contributed by atoms with Gasteiger partial charge >= 0.3 is 0 Å². The Balaban J connectivity index is 2.72. The van der Waals surface area contributed by atoms with Gasteiger partial charge < -0.3 is 11.1 Å². The first-order valence-corrected chi connectivity index (χ1v) is 3.65. The maximum absolute atomic E-state index is 10.7. The lowest BCUT2D eigenvalue weighted by atomic mass is 10.3. The van der Waals surface area contributed by atoms with Gasteiger partial charge in [-0.05, 0) is 11.8 Å². The summed E-state index contributed by atoms with van der Waals surface area (Å²) in [5.74, 6) is -0.683. The van der Waals surface area contributed by atoms with Crippen molar-refractivity contribution in [1.29, 1.82) is 0 Å². The molecule has 1 saturated heterocycles. The lowest BCUT2D eigenvalue weighted by Crippen LogP contribution is -2.41. The largest absolute Gasteiger partial charge is 0.367 e. The molecule has 0 bridgehead atoms. The number of rotatable bonds is 1. The number of thiocarbonyl (C=S) groups is 1. The van der Waals surface area contributed by atoms with E-state index in [1.807, 2.05) is 0 Å². The van der Waals surface area contributed by atoms with Crippen molar-refractivity contribution in [2.45, 2.75) is 6.04 Å². The van der Waals surface area contributed by atoms with E-state index < -0.39 is 11.9 Å². The van der Waals surface area contributed by atoms with Crippen LogP contribution in [0.1, 0.15) is 0 Å². The zero-order chi connectivity index (χ0) is 7.72. The molecular formula is C4H4N2O2S2. The second kappa shape index (κ2) is 2.55. The van der Waals surface area contributed by atoms with Crippen LogP contribution in [0.4, 0.5) is 0 Å². The first kappa shape index (κ1) is 7.49. The minimum Gasteiger partial charge on any atom is -0.367 e. The monoisotopic (exact) mass is 176 g/mol. The summed E-state index contributed by atoms with van der Waals surface area (Å²) in [6, 6.07) is -0.919. The third-order valence-corrected chi connectivity index (χ3v) is 2.08. The molecule has 0 unspecified atom stereocenters. The normalized spacial score (nSPS) is 24.6. The number of carbonyl (C=O) groups excluding carboxylic acids is 2. The summed E-state index contributed by atoms with van der Waals surface area (Å²) in [6.07, 6.45) is 0. The van der Waals surface area contributed by atoms with Crippen LogP contribution in [0.5, 0.6) is 0 Å². The molecule has 3 N–H and O–H groups in total. The molecule has 1 amide bonds. The van der Waals surface area contributed by atoms with Crippen LogP contribution in [-0.2, 0) is 9.59 Å². The molecule has 1 aliphatic rings. The summed E-state index contributed by atoms with van der Waals surface area (Å²) >= 11 is 5.45. The highest BCUT2D eigenvalue weighted by molar-refractivity contribution is 8.33. The highest BCUT2D eigenvalue weighted by Crippen LogP contribution is 2.14. The van der Waals surface area contributed by atoms with E-state index in [0.717, 1.165) is 11.8 Å². The third-order valence-electron chi connectivity index (χ3n) is 0.976. The van der Waals surface area contributed by atoms with Crippen LogP contribution >= 0.6 is 24.0 Å². The van der Waals surface area contributed by atoms with Crippen molar-refractivity contribution >= 4 is 39.3 Å². The maximum atomic E-state index is 10.7. The lowest BCUT2D eigenvalue weighted by molar-refractivity contribution is -0.124. The summed E-state index contributed by atoms with van der Waals surface area (Å²) in [4.78, 5) is 21.2. The Morgan fingerprint density at radius 3 is 2.60 bits per heavy atom. The molecule has 0 radical (unpaired) electrons. The molecule has 6 heteroatoms. The summed E-state index contributed by atoms with van der Waals surface area (Å²) in [6.45, 7) is 0. The molecule has 1 rings (SSSR count). The standard InChI is InChI=1S/C4H4N2O2S2/c5-2(7)1-3(8)10-4(9)6-1/h1H,(H2,5,7)(H,6,9)/t1-/m1/s1. The van der Waals surface area contributed by atoms with Crippen LogP contribution in [-0.4, -0.2) is 21.4 Å².